The molecule has 0 N–H and O–H groups in total. The van der Waals surface area contributed by atoms with Gasteiger partial charge in [0.2, 0.25) is 0 Å². The molecule has 0 aliphatic rings. The average molecular weight is 154 g/mol. The SMILES string of the molecule is C=Cc1ccc(C#N)cc1C#N. The van der Waals surface area contributed by atoms with Crippen LogP contribution in [0.3, 0.4) is 0 Å². The number of benzene rings is 1. The molecule has 1 aromatic carbocycles. The molecule has 0 fully saturated rings. The molecule has 1 aromatic rings. The first kappa shape index (κ1) is 8.04. The van der Waals surface area contributed by atoms with Crippen molar-refractivity contribution in [2.75, 3.05) is 0 Å². The van der Waals surface area contributed by atoms with Gasteiger partial charge >= 0.3 is 0 Å². The average Bonchev–Trinajstić information content (AvgIpc) is 2.16. The topological polar surface area (TPSA) is 47.6 Å². The molecule has 0 saturated carbocycles. The Balaban J connectivity index is 3.34. The van der Waals surface area contributed by atoms with E-state index in [9.17, 15) is 0 Å². The van der Waals surface area contributed by atoms with E-state index >= 15 is 0 Å². The molecule has 0 bridgehead atoms. The van der Waals surface area contributed by atoms with Gasteiger partial charge in [-0.2, -0.15) is 10.5 Å². The minimum absolute atomic E-state index is 0.490. The monoisotopic (exact) mass is 154 g/mol. The zero-order valence-electron chi connectivity index (χ0n) is 6.41. The Morgan fingerprint density at radius 2 is 2.00 bits per heavy atom. The van der Waals surface area contributed by atoms with E-state index in [1.807, 2.05) is 12.1 Å². The van der Waals surface area contributed by atoms with Crippen LogP contribution in [0.5, 0.6) is 0 Å². The fourth-order valence-electron chi connectivity index (χ4n) is 0.901. The van der Waals surface area contributed by atoms with Crippen molar-refractivity contribution in [3.05, 3.63) is 41.5 Å². The van der Waals surface area contributed by atoms with Crippen molar-refractivity contribution in [1.82, 2.24) is 0 Å². The van der Waals surface area contributed by atoms with Crippen LogP contribution in [-0.4, -0.2) is 0 Å². The summed E-state index contributed by atoms with van der Waals surface area (Å²) in [6, 6.07) is 8.90. The minimum atomic E-state index is 0.490. The molecule has 1 rings (SSSR count). The summed E-state index contributed by atoms with van der Waals surface area (Å²) in [6.07, 6.45) is 1.60. The van der Waals surface area contributed by atoms with Crippen LogP contribution in [0.25, 0.3) is 6.08 Å². The van der Waals surface area contributed by atoms with Crippen LogP contribution < -0.4 is 0 Å². The van der Waals surface area contributed by atoms with Crippen molar-refractivity contribution < 1.29 is 0 Å². The van der Waals surface area contributed by atoms with E-state index in [2.05, 4.69) is 6.58 Å². The third-order valence-electron chi connectivity index (χ3n) is 1.52. The van der Waals surface area contributed by atoms with Gasteiger partial charge in [-0.05, 0) is 17.7 Å². The Hall–Kier alpha value is -2.06. The van der Waals surface area contributed by atoms with Crippen molar-refractivity contribution in [2.45, 2.75) is 0 Å². The first-order valence-electron chi connectivity index (χ1n) is 3.38. The Bertz CT molecular complexity index is 391. The van der Waals surface area contributed by atoms with E-state index in [4.69, 9.17) is 10.5 Å². The third-order valence-corrected chi connectivity index (χ3v) is 1.52. The maximum absolute atomic E-state index is 8.66. The summed E-state index contributed by atoms with van der Waals surface area (Å²) >= 11 is 0. The van der Waals surface area contributed by atoms with Crippen molar-refractivity contribution >= 4 is 6.08 Å². The second-order valence-electron chi connectivity index (χ2n) is 2.23. The smallest absolute Gasteiger partial charge is 0.0998 e. The predicted octanol–water partition coefficient (Wildman–Crippen LogP) is 2.07. The van der Waals surface area contributed by atoms with Crippen LogP contribution in [0.15, 0.2) is 24.8 Å². The van der Waals surface area contributed by atoms with Crippen LogP contribution in [0.4, 0.5) is 0 Å². The van der Waals surface area contributed by atoms with Crippen molar-refractivity contribution in [1.29, 1.82) is 10.5 Å². The molecule has 0 aromatic heterocycles. The quantitative estimate of drug-likeness (QED) is 0.621. The van der Waals surface area contributed by atoms with Gasteiger partial charge in [-0.25, -0.2) is 0 Å². The van der Waals surface area contributed by atoms with Gasteiger partial charge in [-0.3, -0.25) is 0 Å². The van der Waals surface area contributed by atoms with Gasteiger partial charge < -0.3 is 0 Å². The van der Waals surface area contributed by atoms with Gasteiger partial charge in [-0.1, -0.05) is 18.7 Å². The number of hydrogen-bond acceptors (Lipinski definition) is 2. The van der Waals surface area contributed by atoms with E-state index in [-0.39, 0.29) is 0 Å². The molecule has 0 heterocycles. The number of rotatable bonds is 1. The summed E-state index contributed by atoms with van der Waals surface area (Å²) in [5, 5.41) is 17.2. The predicted molar refractivity (Wildman–Crippen MR) is 46.0 cm³/mol. The Morgan fingerprint density at radius 1 is 1.25 bits per heavy atom. The Labute approximate surface area is 71.0 Å². The zero-order chi connectivity index (χ0) is 8.97. The molecule has 0 radical (unpaired) electrons. The van der Waals surface area contributed by atoms with Crippen molar-refractivity contribution in [2.24, 2.45) is 0 Å². The summed E-state index contributed by atoms with van der Waals surface area (Å²) in [7, 11) is 0. The van der Waals surface area contributed by atoms with Crippen molar-refractivity contribution in [3.8, 4) is 12.1 Å². The summed E-state index contributed by atoms with van der Waals surface area (Å²) in [4.78, 5) is 0. The molecular weight excluding hydrogens is 148 g/mol. The molecule has 0 atom stereocenters. The molecular formula is C10H6N2. The van der Waals surface area contributed by atoms with Gasteiger partial charge in [-0.15, -0.1) is 0 Å². The second-order valence-corrected chi connectivity index (χ2v) is 2.23. The van der Waals surface area contributed by atoms with E-state index in [0.29, 0.717) is 11.1 Å². The number of hydrogen-bond donors (Lipinski definition) is 0. The van der Waals surface area contributed by atoms with E-state index in [1.54, 1.807) is 24.3 Å². The Kier molecular flexibility index (Phi) is 2.26. The summed E-state index contributed by atoms with van der Waals surface area (Å²) in [5.74, 6) is 0. The normalized spacial score (nSPS) is 8.17. The minimum Gasteiger partial charge on any atom is -0.192 e. The third kappa shape index (κ3) is 1.33. The highest BCUT2D eigenvalue weighted by Gasteiger charge is 1.98. The van der Waals surface area contributed by atoms with E-state index in [1.165, 1.54) is 0 Å². The second kappa shape index (κ2) is 3.37. The van der Waals surface area contributed by atoms with Crippen LogP contribution in [0.2, 0.25) is 0 Å². The summed E-state index contributed by atoms with van der Waals surface area (Å²) in [6.45, 7) is 3.56. The van der Waals surface area contributed by atoms with Gasteiger partial charge in [0.05, 0.1) is 23.3 Å². The van der Waals surface area contributed by atoms with E-state index in [0.717, 1.165) is 5.56 Å². The molecule has 0 saturated heterocycles. The molecule has 0 amide bonds. The van der Waals surface area contributed by atoms with Gasteiger partial charge in [0.1, 0.15) is 0 Å². The van der Waals surface area contributed by atoms with Gasteiger partial charge in [0, 0.05) is 0 Å². The molecule has 2 heteroatoms. The molecule has 0 unspecified atom stereocenters. The number of nitriles is 2. The lowest BCUT2D eigenvalue weighted by Crippen LogP contribution is -1.83. The first-order valence-corrected chi connectivity index (χ1v) is 3.38. The summed E-state index contributed by atoms with van der Waals surface area (Å²) in [5.41, 5.74) is 1.75. The highest BCUT2D eigenvalue weighted by atomic mass is 14.3. The van der Waals surface area contributed by atoms with Gasteiger partial charge in [0.15, 0.2) is 0 Å². The molecule has 56 valence electrons. The van der Waals surface area contributed by atoms with E-state index < -0.39 is 0 Å². The largest absolute Gasteiger partial charge is 0.192 e. The summed E-state index contributed by atoms with van der Waals surface area (Å²) < 4.78 is 0. The maximum atomic E-state index is 8.66. The lowest BCUT2D eigenvalue weighted by molar-refractivity contribution is 1.44. The standard InChI is InChI=1S/C10H6N2/c1-2-9-4-3-8(6-11)5-10(9)7-12/h2-5H,1H2. The lowest BCUT2D eigenvalue weighted by Gasteiger charge is -1.95. The van der Waals surface area contributed by atoms with Crippen LogP contribution in [-0.2, 0) is 0 Å². The molecule has 0 aliphatic heterocycles. The first-order chi connectivity index (χ1) is 5.81. The fourth-order valence-corrected chi connectivity index (χ4v) is 0.901. The van der Waals surface area contributed by atoms with Crippen LogP contribution >= 0.6 is 0 Å². The fraction of sp³-hybridized carbons (Fsp3) is 0. The molecule has 2 nitrogen and oxygen atoms in total. The lowest BCUT2D eigenvalue weighted by atomic mass is 10.1. The molecule has 12 heavy (non-hydrogen) atoms. The highest BCUT2D eigenvalue weighted by molar-refractivity contribution is 5.58. The Morgan fingerprint density at radius 3 is 2.50 bits per heavy atom. The maximum Gasteiger partial charge on any atom is 0.0998 e. The number of nitrogens with zero attached hydrogens (tertiary/aromatic N) is 2. The molecule has 0 aliphatic carbocycles. The van der Waals surface area contributed by atoms with Gasteiger partial charge in [0.25, 0.3) is 0 Å². The van der Waals surface area contributed by atoms with Crippen LogP contribution in [0.1, 0.15) is 16.7 Å². The van der Waals surface area contributed by atoms with Crippen molar-refractivity contribution in [3.63, 3.8) is 0 Å². The highest BCUT2D eigenvalue weighted by Crippen LogP contribution is 2.11. The van der Waals surface area contributed by atoms with Crippen LogP contribution in [0, 0.1) is 22.7 Å². The zero-order valence-corrected chi connectivity index (χ0v) is 6.41. The molecule has 0 spiro atoms.